The maximum Gasteiger partial charge on any atom is 0.235 e. The molecule has 1 rings (SSSR count). The molecule has 3 nitrogen and oxygen atoms in total. The molecule has 0 aliphatic heterocycles. The van der Waals surface area contributed by atoms with Crippen molar-refractivity contribution in [3.05, 3.63) is 0 Å². The zero-order chi connectivity index (χ0) is 11.5. The van der Waals surface area contributed by atoms with E-state index in [0.717, 1.165) is 38.8 Å². The van der Waals surface area contributed by atoms with Crippen LogP contribution < -0.4 is 5.73 Å². The van der Waals surface area contributed by atoms with E-state index >= 15 is 0 Å². The summed E-state index contributed by atoms with van der Waals surface area (Å²) in [7, 11) is 0. The summed E-state index contributed by atoms with van der Waals surface area (Å²) >= 11 is 4.98. The van der Waals surface area contributed by atoms with Gasteiger partial charge in [0.05, 0.1) is 10.4 Å². The molecule has 0 aromatic carbocycles. The van der Waals surface area contributed by atoms with E-state index in [9.17, 15) is 4.79 Å². The predicted molar refractivity (Wildman–Crippen MR) is 65.6 cm³/mol. The monoisotopic (exact) mass is 228 g/mol. The summed E-state index contributed by atoms with van der Waals surface area (Å²) in [6.07, 6.45) is 3.82. The first kappa shape index (κ1) is 12.4. The number of thiocarbonyl (C=S) groups is 1. The van der Waals surface area contributed by atoms with Gasteiger partial charge in [0.15, 0.2) is 0 Å². The fourth-order valence-electron chi connectivity index (χ4n) is 1.75. The third-order valence-corrected chi connectivity index (χ3v) is 3.47. The number of carbonyl (C=O) groups is 1. The Hall–Kier alpha value is -0.640. The summed E-state index contributed by atoms with van der Waals surface area (Å²) < 4.78 is 0. The minimum absolute atomic E-state index is 0.144. The van der Waals surface area contributed by atoms with Crippen molar-refractivity contribution in [3.63, 3.8) is 0 Å². The van der Waals surface area contributed by atoms with Crippen LogP contribution in [0.4, 0.5) is 0 Å². The van der Waals surface area contributed by atoms with Gasteiger partial charge in [-0.05, 0) is 26.2 Å². The zero-order valence-corrected chi connectivity index (χ0v) is 10.4. The molecule has 0 aromatic heterocycles. The topological polar surface area (TPSA) is 46.3 Å². The largest absolute Gasteiger partial charge is 0.392 e. The molecular weight excluding hydrogens is 208 g/mol. The van der Waals surface area contributed by atoms with Crippen molar-refractivity contribution >= 4 is 23.1 Å². The van der Waals surface area contributed by atoms with E-state index < -0.39 is 5.41 Å². The van der Waals surface area contributed by atoms with Crippen LogP contribution in [0.2, 0.25) is 0 Å². The van der Waals surface area contributed by atoms with E-state index in [1.54, 1.807) is 0 Å². The Kier molecular flexibility index (Phi) is 4.08. The smallest absolute Gasteiger partial charge is 0.235 e. The van der Waals surface area contributed by atoms with E-state index in [1.165, 1.54) is 0 Å². The van der Waals surface area contributed by atoms with Gasteiger partial charge in [0.2, 0.25) is 5.91 Å². The molecule has 1 amide bonds. The van der Waals surface area contributed by atoms with Crippen molar-refractivity contribution in [2.45, 2.75) is 39.5 Å². The lowest BCUT2D eigenvalue weighted by atomic mass is 10.1. The van der Waals surface area contributed by atoms with E-state index in [-0.39, 0.29) is 5.91 Å². The fourth-order valence-corrected chi connectivity index (χ4v) is 2.04. The molecule has 0 radical (unpaired) electrons. The number of carbonyl (C=O) groups excluding carboxylic acids is 1. The van der Waals surface area contributed by atoms with Crippen molar-refractivity contribution < 1.29 is 4.79 Å². The molecule has 86 valence electrons. The molecule has 0 bridgehead atoms. The molecule has 0 atom stereocenters. The Balaban J connectivity index is 2.61. The normalized spacial score (nSPS) is 17.2. The van der Waals surface area contributed by atoms with Gasteiger partial charge in [-0.2, -0.15) is 0 Å². The SMILES string of the molecule is CCCCN(CC)C(=O)C1(C(N)=S)CC1. The molecule has 15 heavy (non-hydrogen) atoms. The summed E-state index contributed by atoms with van der Waals surface area (Å²) in [6.45, 7) is 5.71. The second-order valence-corrected chi connectivity index (χ2v) is 4.62. The average Bonchev–Trinajstić information content (AvgIpc) is 2.99. The minimum Gasteiger partial charge on any atom is -0.392 e. The molecular formula is C11H20N2OS. The summed E-state index contributed by atoms with van der Waals surface area (Å²) in [6, 6.07) is 0. The van der Waals surface area contributed by atoms with Gasteiger partial charge in [-0.25, -0.2) is 0 Å². The van der Waals surface area contributed by atoms with Crippen LogP contribution >= 0.6 is 12.2 Å². The number of rotatable bonds is 6. The van der Waals surface area contributed by atoms with Crippen LogP contribution in [-0.4, -0.2) is 28.9 Å². The van der Waals surface area contributed by atoms with Crippen LogP contribution in [0, 0.1) is 5.41 Å². The fraction of sp³-hybridized carbons (Fsp3) is 0.818. The maximum atomic E-state index is 12.2. The van der Waals surface area contributed by atoms with Gasteiger partial charge in [-0.1, -0.05) is 25.6 Å². The van der Waals surface area contributed by atoms with Gasteiger partial charge in [0.1, 0.15) is 0 Å². The van der Waals surface area contributed by atoms with Crippen LogP contribution in [0.3, 0.4) is 0 Å². The first-order valence-electron chi connectivity index (χ1n) is 5.67. The van der Waals surface area contributed by atoms with Crippen molar-refractivity contribution in [1.82, 2.24) is 4.90 Å². The summed E-state index contributed by atoms with van der Waals surface area (Å²) in [5.74, 6) is 0.144. The predicted octanol–water partition coefficient (Wildman–Crippen LogP) is 1.70. The van der Waals surface area contributed by atoms with E-state index in [0.29, 0.717) is 4.99 Å². The quantitative estimate of drug-likeness (QED) is 0.704. The number of amides is 1. The van der Waals surface area contributed by atoms with Gasteiger partial charge < -0.3 is 10.6 Å². The summed E-state index contributed by atoms with van der Waals surface area (Å²) in [4.78, 5) is 14.4. The molecule has 2 N–H and O–H groups in total. The van der Waals surface area contributed by atoms with Crippen LogP contribution in [0.15, 0.2) is 0 Å². The highest BCUT2D eigenvalue weighted by Crippen LogP contribution is 2.47. The van der Waals surface area contributed by atoms with Gasteiger partial charge in [-0.3, -0.25) is 4.79 Å². The van der Waals surface area contributed by atoms with Gasteiger partial charge in [0, 0.05) is 13.1 Å². The molecule has 0 spiro atoms. The highest BCUT2D eigenvalue weighted by Gasteiger charge is 2.54. The van der Waals surface area contributed by atoms with E-state index in [1.807, 2.05) is 11.8 Å². The van der Waals surface area contributed by atoms with Crippen LogP contribution in [-0.2, 0) is 4.79 Å². The highest BCUT2D eigenvalue weighted by atomic mass is 32.1. The summed E-state index contributed by atoms with van der Waals surface area (Å²) in [5, 5.41) is 0. The van der Waals surface area contributed by atoms with Crippen LogP contribution in [0.25, 0.3) is 0 Å². The first-order chi connectivity index (χ1) is 7.08. The Bertz CT molecular complexity index is 261. The lowest BCUT2D eigenvalue weighted by Crippen LogP contribution is -2.43. The molecule has 1 aliphatic carbocycles. The summed E-state index contributed by atoms with van der Waals surface area (Å²) in [5.41, 5.74) is 5.17. The standard InChI is InChI=1S/C11H20N2OS/c1-3-5-8-13(4-2)10(14)11(6-7-11)9(12)15/h3-8H2,1-2H3,(H2,12,15). The Morgan fingerprint density at radius 2 is 2.07 bits per heavy atom. The van der Waals surface area contributed by atoms with Gasteiger partial charge in [0.25, 0.3) is 0 Å². The number of hydrogen-bond donors (Lipinski definition) is 1. The van der Waals surface area contributed by atoms with Crippen molar-refractivity contribution in [1.29, 1.82) is 0 Å². The number of nitrogens with two attached hydrogens (primary N) is 1. The molecule has 1 saturated carbocycles. The molecule has 0 aromatic rings. The minimum atomic E-state index is -0.473. The molecule has 4 heteroatoms. The zero-order valence-electron chi connectivity index (χ0n) is 9.58. The number of unbranched alkanes of at least 4 members (excludes halogenated alkanes) is 1. The average molecular weight is 228 g/mol. The number of nitrogens with zero attached hydrogens (tertiary/aromatic N) is 1. The van der Waals surface area contributed by atoms with Crippen molar-refractivity contribution in [2.75, 3.05) is 13.1 Å². The molecule has 1 fully saturated rings. The Labute approximate surface area is 97.0 Å². The van der Waals surface area contributed by atoms with Crippen molar-refractivity contribution in [3.8, 4) is 0 Å². The van der Waals surface area contributed by atoms with E-state index in [2.05, 4.69) is 6.92 Å². The maximum absolute atomic E-state index is 12.2. The third-order valence-electron chi connectivity index (χ3n) is 3.08. The Morgan fingerprint density at radius 3 is 2.40 bits per heavy atom. The lowest BCUT2D eigenvalue weighted by Gasteiger charge is -2.25. The Morgan fingerprint density at radius 1 is 1.47 bits per heavy atom. The lowest BCUT2D eigenvalue weighted by molar-refractivity contribution is -0.134. The molecule has 0 saturated heterocycles. The second-order valence-electron chi connectivity index (χ2n) is 4.18. The molecule has 0 heterocycles. The second kappa shape index (κ2) is 4.92. The number of hydrogen-bond acceptors (Lipinski definition) is 2. The van der Waals surface area contributed by atoms with Crippen LogP contribution in [0.5, 0.6) is 0 Å². The first-order valence-corrected chi connectivity index (χ1v) is 6.08. The van der Waals surface area contributed by atoms with Gasteiger partial charge in [-0.15, -0.1) is 0 Å². The molecule has 1 aliphatic rings. The van der Waals surface area contributed by atoms with Gasteiger partial charge >= 0.3 is 0 Å². The third kappa shape index (κ3) is 2.48. The van der Waals surface area contributed by atoms with E-state index in [4.69, 9.17) is 18.0 Å². The van der Waals surface area contributed by atoms with Crippen molar-refractivity contribution in [2.24, 2.45) is 11.1 Å². The molecule has 0 unspecified atom stereocenters. The van der Waals surface area contributed by atoms with Crippen LogP contribution in [0.1, 0.15) is 39.5 Å². The highest BCUT2D eigenvalue weighted by molar-refractivity contribution is 7.80.